The van der Waals surface area contributed by atoms with Gasteiger partial charge in [-0.05, 0) is 52.4 Å². The fourth-order valence-corrected chi connectivity index (χ4v) is 3.15. The number of carbonyl (C=O) groups excluding carboxylic acids is 2. The summed E-state index contributed by atoms with van der Waals surface area (Å²) < 4.78 is 0. The van der Waals surface area contributed by atoms with Crippen molar-refractivity contribution >= 4 is 11.9 Å². The van der Waals surface area contributed by atoms with Crippen LogP contribution in [0.2, 0.25) is 0 Å². The summed E-state index contributed by atoms with van der Waals surface area (Å²) in [6.45, 7) is 7.91. The Morgan fingerprint density at radius 3 is 2.22 bits per heavy atom. The molecule has 1 heterocycles. The lowest BCUT2D eigenvalue weighted by Crippen LogP contribution is -2.51. The second-order valence-corrected chi connectivity index (χ2v) is 6.68. The van der Waals surface area contributed by atoms with Crippen molar-refractivity contribution in [3.05, 3.63) is 0 Å². The van der Waals surface area contributed by atoms with E-state index >= 15 is 0 Å². The fraction of sp³-hybridized carbons (Fsp3) is 0.857. The van der Waals surface area contributed by atoms with E-state index in [4.69, 9.17) is 0 Å². The molecule has 1 N–H and O–H groups in total. The van der Waals surface area contributed by atoms with Crippen LogP contribution < -0.4 is 5.32 Å². The van der Waals surface area contributed by atoms with Crippen LogP contribution in [0.3, 0.4) is 0 Å². The Balaban J connectivity index is 2.18. The number of urea groups is 1. The zero-order valence-electron chi connectivity index (χ0n) is 11.9. The predicted molar refractivity (Wildman–Crippen MR) is 70.1 cm³/mol. The number of nitrogens with zero attached hydrogens (tertiary/aromatic N) is 1. The molecule has 4 heteroatoms. The van der Waals surface area contributed by atoms with Gasteiger partial charge in [-0.15, -0.1) is 0 Å². The molecule has 4 nitrogen and oxygen atoms in total. The maximum Gasteiger partial charge on any atom is 0.325 e. The van der Waals surface area contributed by atoms with Crippen LogP contribution in [0.15, 0.2) is 0 Å². The fourth-order valence-electron chi connectivity index (χ4n) is 3.15. The first kappa shape index (κ1) is 13.4. The Kier molecular flexibility index (Phi) is 3.16. The number of hydrogen-bond donors (Lipinski definition) is 1. The third kappa shape index (κ3) is 2.02. The summed E-state index contributed by atoms with van der Waals surface area (Å²) in [5.74, 6) is 0.693. The van der Waals surface area contributed by atoms with Crippen molar-refractivity contribution < 1.29 is 9.59 Å². The van der Waals surface area contributed by atoms with Crippen LogP contribution in [0.5, 0.6) is 0 Å². The minimum absolute atomic E-state index is 0.0189. The van der Waals surface area contributed by atoms with Gasteiger partial charge in [-0.1, -0.05) is 13.3 Å². The van der Waals surface area contributed by atoms with E-state index in [2.05, 4.69) is 12.2 Å². The number of carbonyl (C=O) groups is 2. The van der Waals surface area contributed by atoms with Crippen LogP contribution >= 0.6 is 0 Å². The molecule has 2 fully saturated rings. The maximum absolute atomic E-state index is 12.6. The molecule has 1 spiro atoms. The van der Waals surface area contributed by atoms with Crippen LogP contribution in [0, 0.1) is 5.92 Å². The van der Waals surface area contributed by atoms with Crippen molar-refractivity contribution in [2.75, 3.05) is 0 Å². The van der Waals surface area contributed by atoms with Gasteiger partial charge in [-0.3, -0.25) is 9.69 Å². The molecule has 0 aromatic rings. The second-order valence-electron chi connectivity index (χ2n) is 6.68. The molecule has 1 aliphatic heterocycles. The van der Waals surface area contributed by atoms with Crippen LogP contribution in [0.4, 0.5) is 4.79 Å². The smallest absolute Gasteiger partial charge is 0.323 e. The Labute approximate surface area is 109 Å². The normalized spacial score (nSPS) is 33.1. The van der Waals surface area contributed by atoms with E-state index in [-0.39, 0.29) is 11.9 Å². The molecule has 0 aromatic heterocycles. The molecular formula is C14H24N2O2. The average molecular weight is 252 g/mol. The highest BCUT2D eigenvalue weighted by Gasteiger charge is 2.54. The lowest BCUT2D eigenvalue weighted by atomic mass is 9.75. The van der Waals surface area contributed by atoms with Gasteiger partial charge in [-0.25, -0.2) is 4.79 Å². The lowest BCUT2D eigenvalue weighted by molar-refractivity contribution is -0.135. The Bertz CT molecular complexity index is 362. The molecule has 1 saturated carbocycles. The van der Waals surface area contributed by atoms with Crippen molar-refractivity contribution in [1.29, 1.82) is 0 Å². The molecule has 2 rings (SSSR count). The van der Waals surface area contributed by atoms with E-state index < -0.39 is 11.1 Å². The largest absolute Gasteiger partial charge is 0.325 e. The maximum atomic E-state index is 12.6. The van der Waals surface area contributed by atoms with Crippen LogP contribution in [0.1, 0.15) is 59.8 Å². The van der Waals surface area contributed by atoms with Crippen LogP contribution in [-0.4, -0.2) is 27.9 Å². The molecule has 3 amide bonds. The summed E-state index contributed by atoms with van der Waals surface area (Å²) in [6, 6.07) is -0.220. The van der Waals surface area contributed by atoms with E-state index in [1.54, 1.807) is 0 Å². The molecule has 102 valence electrons. The van der Waals surface area contributed by atoms with Gasteiger partial charge in [0.15, 0.2) is 0 Å². The van der Waals surface area contributed by atoms with Crippen molar-refractivity contribution in [2.24, 2.45) is 5.92 Å². The first-order chi connectivity index (χ1) is 8.30. The summed E-state index contributed by atoms with van der Waals surface area (Å²) in [5, 5.41) is 2.96. The summed E-state index contributed by atoms with van der Waals surface area (Å²) in [5.41, 5.74) is -1.04. The Morgan fingerprint density at radius 1 is 1.28 bits per heavy atom. The van der Waals surface area contributed by atoms with Crippen molar-refractivity contribution in [3.63, 3.8) is 0 Å². The number of hydrogen-bond acceptors (Lipinski definition) is 2. The minimum Gasteiger partial charge on any atom is -0.323 e. The Morgan fingerprint density at radius 2 is 1.83 bits per heavy atom. The zero-order valence-corrected chi connectivity index (χ0v) is 11.9. The summed E-state index contributed by atoms with van der Waals surface area (Å²) in [4.78, 5) is 26.0. The third-order valence-electron chi connectivity index (χ3n) is 4.37. The van der Waals surface area contributed by atoms with Crippen molar-refractivity contribution in [1.82, 2.24) is 10.2 Å². The highest BCUT2D eigenvalue weighted by Crippen LogP contribution is 2.39. The lowest BCUT2D eigenvalue weighted by Gasteiger charge is -2.36. The van der Waals surface area contributed by atoms with Gasteiger partial charge >= 0.3 is 6.03 Å². The van der Waals surface area contributed by atoms with Gasteiger partial charge in [0.05, 0.1) is 0 Å². The molecule has 0 atom stereocenters. The number of amides is 3. The van der Waals surface area contributed by atoms with Gasteiger partial charge in [0.2, 0.25) is 0 Å². The summed E-state index contributed by atoms with van der Waals surface area (Å²) in [7, 11) is 0. The highest BCUT2D eigenvalue weighted by atomic mass is 16.2. The molecule has 1 saturated heterocycles. The molecular weight excluding hydrogens is 228 g/mol. The van der Waals surface area contributed by atoms with Gasteiger partial charge < -0.3 is 5.32 Å². The minimum atomic E-state index is -0.601. The Hall–Kier alpha value is -1.06. The van der Waals surface area contributed by atoms with Gasteiger partial charge in [-0.2, -0.15) is 0 Å². The van der Waals surface area contributed by atoms with E-state index in [0.717, 1.165) is 25.7 Å². The first-order valence-corrected chi connectivity index (χ1v) is 6.97. The summed E-state index contributed by atoms with van der Waals surface area (Å²) >= 11 is 0. The van der Waals surface area contributed by atoms with Crippen molar-refractivity contribution in [2.45, 2.75) is 70.9 Å². The zero-order chi connectivity index (χ0) is 13.6. The van der Waals surface area contributed by atoms with Crippen LogP contribution in [-0.2, 0) is 4.79 Å². The molecule has 0 radical (unpaired) electrons. The molecule has 1 aliphatic carbocycles. The monoisotopic (exact) mass is 252 g/mol. The number of imide groups is 1. The molecule has 0 aromatic carbocycles. The van der Waals surface area contributed by atoms with Crippen molar-refractivity contribution in [3.8, 4) is 0 Å². The van der Waals surface area contributed by atoms with E-state index in [1.165, 1.54) is 11.3 Å². The van der Waals surface area contributed by atoms with E-state index in [9.17, 15) is 9.59 Å². The molecule has 0 bridgehead atoms. The number of rotatable bonds is 1. The topological polar surface area (TPSA) is 49.4 Å². The second kappa shape index (κ2) is 4.25. The number of nitrogens with one attached hydrogen (secondary N) is 1. The van der Waals surface area contributed by atoms with Gasteiger partial charge in [0, 0.05) is 5.54 Å². The predicted octanol–water partition coefficient (Wildman–Crippen LogP) is 2.68. The van der Waals surface area contributed by atoms with E-state index in [1.807, 2.05) is 20.8 Å². The standard InChI is InChI=1S/C14H24N2O2/c1-5-10-6-8-14(9-7-10)11(17)16(12(18)15-14)13(2,3)4/h10H,5-9H2,1-4H3,(H,15,18). The molecule has 0 unspecified atom stereocenters. The first-order valence-electron chi connectivity index (χ1n) is 6.97. The average Bonchev–Trinajstić information content (AvgIpc) is 2.51. The van der Waals surface area contributed by atoms with E-state index in [0.29, 0.717) is 5.92 Å². The molecule has 18 heavy (non-hydrogen) atoms. The third-order valence-corrected chi connectivity index (χ3v) is 4.37. The van der Waals surface area contributed by atoms with Gasteiger partial charge in [0.1, 0.15) is 5.54 Å². The quantitative estimate of drug-likeness (QED) is 0.729. The highest BCUT2D eigenvalue weighted by molar-refractivity contribution is 6.07. The summed E-state index contributed by atoms with van der Waals surface area (Å²) in [6.07, 6.45) is 4.84. The van der Waals surface area contributed by atoms with Crippen LogP contribution in [0.25, 0.3) is 0 Å². The van der Waals surface area contributed by atoms with Gasteiger partial charge in [0.25, 0.3) is 5.91 Å². The molecule has 2 aliphatic rings. The SMILES string of the molecule is CCC1CCC2(CC1)NC(=O)N(C(C)(C)C)C2=O.